The van der Waals surface area contributed by atoms with Crippen LogP contribution in [0.15, 0.2) is 73.2 Å². The van der Waals surface area contributed by atoms with Crippen LogP contribution in [0.5, 0.6) is 0 Å². The van der Waals surface area contributed by atoms with E-state index in [9.17, 15) is 0 Å². The molecule has 1 aromatic carbocycles. The van der Waals surface area contributed by atoms with Crippen molar-refractivity contribution in [1.82, 2.24) is 30.4 Å². The van der Waals surface area contributed by atoms with E-state index in [1.165, 1.54) is 5.56 Å². The normalized spacial score (nSPS) is 17.0. The van der Waals surface area contributed by atoms with Crippen LogP contribution < -0.4 is 5.32 Å². The van der Waals surface area contributed by atoms with Crippen molar-refractivity contribution in [2.75, 3.05) is 26.7 Å². The summed E-state index contributed by atoms with van der Waals surface area (Å²) in [4.78, 5) is 11.5. The number of H-pyrrole nitrogens is 1. The van der Waals surface area contributed by atoms with Crippen molar-refractivity contribution in [2.45, 2.75) is 12.5 Å². The molecule has 0 spiro atoms. The lowest BCUT2D eigenvalue weighted by Crippen LogP contribution is -2.50. The highest BCUT2D eigenvalue weighted by molar-refractivity contribution is 5.80. The summed E-state index contributed by atoms with van der Waals surface area (Å²) in [6.07, 6.45) is 6.62. The summed E-state index contributed by atoms with van der Waals surface area (Å²) in [6, 6.07) is 19.3. The predicted molar refractivity (Wildman–Crippen MR) is 123 cm³/mol. The number of likely N-dealkylation sites (N-methyl/N-ethyl adjacent to an activating group) is 1. The number of pyridine rings is 2. The van der Waals surface area contributed by atoms with Crippen LogP contribution in [0.1, 0.15) is 5.56 Å². The van der Waals surface area contributed by atoms with Crippen LogP contribution in [0.25, 0.3) is 33.8 Å². The summed E-state index contributed by atoms with van der Waals surface area (Å²) in [5.74, 6) is 0. The van der Waals surface area contributed by atoms with Crippen LogP contribution in [0.2, 0.25) is 0 Å². The third-order valence-electron chi connectivity index (χ3n) is 5.98. The van der Waals surface area contributed by atoms with E-state index in [1.807, 2.05) is 36.7 Å². The van der Waals surface area contributed by atoms with Crippen LogP contribution in [0.4, 0.5) is 0 Å². The van der Waals surface area contributed by atoms with E-state index in [0.717, 1.165) is 59.8 Å². The summed E-state index contributed by atoms with van der Waals surface area (Å²) in [7, 11) is 2.21. The molecule has 0 saturated carbocycles. The third-order valence-corrected chi connectivity index (χ3v) is 5.98. The number of aromatic nitrogens is 4. The number of hydrogen-bond donors (Lipinski definition) is 2. The van der Waals surface area contributed by atoms with E-state index in [0.29, 0.717) is 6.04 Å². The van der Waals surface area contributed by atoms with Gasteiger partial charge in [-0.2, -0.15) is 5.10 Å². The first-order chi connectivity index (χ1) is 15.3. The number of nitrogens with zero attached hydrogens (tertiary/aromatic N) is 4. The molecule has 6 heteroatoms. The number of hydrogen-bond acceptors (Lipinski definition) is 5. The van der Waals surface area contributed by atoms with E-state index >= 15 is 0 Å². The zero-order chi connectivity index (χ0) is 21.0. The first-order valence-electron chi connectivity index (χ1n) is 10.7. The van der Waals surface area contributed by atoms with E-state index in [1.54, 1.807) is 6.20 Å². The first-order valence-corrected chi connectivity index (χ1v) is 10.7. The van der Waals surface area contributed by atoms with Crippen molar-refractivity contribution in [3.05, 3.63) is 78.8 Å². The molecule has 1 saturated heterocycles. The van der Waals surface area contributed by atoms with Crippen molar-refractivity contribution < 1.29 is 0 Å². The molecule has 0 amide bonds. The van der Waals surface area contributed by atoms with Crippen LogP contribution in [-0.2, 0) is 6.42 Å². The van der Waals surface area contributed by atoms with E-state index < -0.39 is 0 Å². The molecule has 3 aromatic heterocycles. The molecule has 1 fully saturated rings. The van der Waals surface area contributed by atoms with Crippen LogP contribution in [0.3, 0.4) is 0 Å². The fourth-order valence-electron chi connectivity index (χ4n) is 4.14. The molecule has 4 heterocycles. The van der Waals surface area contributed by atoms with E-state index in [4.69, 9.17) is 0 Å². The van der Waals surface area contributed by atoms with E-state index in [2.05, 4.69) is 67.8 Å². The summed E-state index contributed by atoms with van der Waals surface area (Å²) < 4.78 is 0. The Bertz CT molecular complexity index is 1140. The minimum absolute atomic E-state index is 0.548. The summed E-state index contributed by atoms with van der Waals surface area (Å²) in [5, 5.41) is 10.9. The van der Waals surface area contributed by atoms with Gasteiger partial charge < -0.3 is 10.2 Å². The molecule has 0 radical (unpaired) electrons. The standard InChI is InChI=1S/C25H26N6/c1-31-13-12-26-16-21(31)14-18-5-7-19(8-6-18)24-15-20(9-11-28-24)22-17-29-30-25(22)23-4-2-3-10-27-23/h2-11,15,17,21,26H,12-14,16H2,1H3,(H,29,30). The Hall–Kier alpha value is -3.35. The van der Waals surface area contributed by atoms with E-state index in [-0.39, 0.29) is 0 Å². The molecule has 5 rings (SSSR count). The summed E-state index contributed by atoms with van der Waals surface area (Å²) >= 11 is 0. The van der Waals surface area contributed by atoms with Crippen molar-refractivity contribution in [1.29, 1.82) is 0 Å². The van der Waals surface area contributed by atoms with Crippen LogP contribution in [-0.4, -0.2) is 57.8 Å². The molecule has 0 aliphatic carbocycles. The van der Waals surface area contributed by atoms with Gasteiger partial charge in [0, 0.05) is 55.4 Å². The van der Waals surface area contributed by atoms with Gasteiger partial charge in [0.2, 0.25) is 0 Å². The molecular weight excluding hydrogens is 384 g/mol. The predicted octanol–water partition coefficient (Wildman–Crippen LogP) is 3.65. The van der Waals surface area contributed by atoms with Gasteiger partial charge in [-0.05, 0) is 48.9 Å². The van der Waals surface area contributed by atoms with Gasteiger partial charge in [-0.25, -0.2) is 0 Å². The van der Waals surface area contributed by atoms with Gasteiger partial charge >= 0.3 is 0 Å². The quantitative estimate of drug-likeness (QED) is 0.526. The third kappa shape index (κ3) is 4.26. The van der Waals surface area contributed by atoms with Gasteiger partial charge in [0.05, 0.1) is 11.4 Å². The van der Waals surface area contributed by atoms with Gasteiger partial charge in [0.15, 0.2) is 0 Å². The lowest BCUT2D eigenvalue weighted by atomic mass is 9.99. The summed E-state index contributed by atoms with van der Waals surface area (Å²) in [6.45, 7) is 3.23. The maximum Gasteiger partial charge on any atom is 0.118 e. The Morgan fingerprint density at radius 2 is 1.84 bits per heavy atom. The Kier molecular flexibility index (Phi) is 5.56. The van der Waals surface area contributed by atoms with Crippen molar-refractivity contribution in [3.63, 3.8) is 0 Å². The zero-order valence-corrected chi connectivity index (χ0v) is 17.6. The Labute approximate surface area is 182 Å². The SMILES string of the molecule is CN1CCNCC1Cc1ccc(-c2cc(-c3c[nH]nc3-c3ccccn3)ccn2)cc1. The molecule has 6 nitrogen and oxygen atoms in total. The maximum atomic E-state index is 4.61. The molecule has 31 heavy (non-hydrogen) atoms. The second kappa shape index (κ2) is 8.79. The molecule has 4 aromatic rings. The van der Waals surface area contributed by atoms with Gasteiger partial charge in [0.1, 0.15) is 5.69 Å². The topological polar surface area (TPSA) is 69.7 Å². The van der Waals surface area contributed by atoms with Gasteiger partial charge in [-0.15, -0.1) is 0 Å². The average Bonchev–Trinajstić information content (AvgIpc) is 3.32. The van der Waals surface area contributed by atoms with Crippen molar-refractivity contribution in [2.24, 2.45) is 0 Å². The molecule has 1 aliphatic rings. The Morgan fingerprint density at radius 1 is 0.968 bits per heavy atom. The van der Waals surface area contributed by atoms with Gasteiger partial charge in [-0.3, -0.25) is 15.1 Å². The monoisotopic (exact) mass is 410 g/mol. The minimum atomic E-state index is 0.548. The smallest absolute Gasteiger partial charge is 0.118 e. The van der Waals surface area contributed by atoms with Gasteiger partial charge in [0.25, 0.3) is 0 Å². The molecule has 1 unspecified atom stereocenters. The molecule has 1 atom stereocenters. The molecule has 156 valence electrons. The first kappa shape index (κ1) is 19.6. The van der Waals surface area contributed by atoms with Crippen molar-refractivity contribution >= 4 is 0 Å². The fourth-order valence-corrected chi connectivity index (χ4v) is 4.14. The fraction of sp³-hybridized carbons (Fsp3) is 0.240. The Balaban J connectivity index is 1.38. The lowest BCUT2D eigenvalue weighted by molar-refractivity contribution is 0.199. The summed E-state index contributed by atoms with van der Waals surface area (Å²) in [5.41, 5.74) is 7.21. The molecule has 2 N–H and O–H groups in total. The number of benzene rings is 1. The minimum Gasteiger partial charge on any atom is -0.314 e. The maximum absolute atomic E-state index is 4.61. The van der Waals surface area contributed by atoms with Crippen LogP contribution in [0, 0.1) is 0 Å². The highest BCUT2D eigenvalue weighted by Gasteiger charge is 2.18. The highest BCUT2D eigenvalue weighted by atomic mass is 15.2. The number of aromatic amines is 1. The van der Waals surface area contributed by atoms with Crippen LogP contribution >= 0.6 is 0 Å². The average molecular weight is 411 g/mol. The largest absolute Gasteiger partial charge is 0.314 e. The lowest BCUT2D eigenvalue weighted by Gasteiger charge is -2.33. The number of rotatable bonds is 5. The molecular formula is C25H26N6. The second-order valence-corrected chi connectivity index (χ2v) is 8.03. The Morgan fingerprint density at radius 3 is 2.65 bits per heavy atom. The number of piperazine rings is 1. The molecule has 0 bridgehead atoms. The molecule has 1 aliphatic heterocycles. The van der Waals surface area contributed by atoms with Crippen molar-refractivity contribution in [3.8, 4) is 33.8 Å². The highest BCUT2D eigenvalue weighted by Crippen LogP contribution is 2.31. The second-order valence-electron chi connectivity index (χ2n) is 8.03. The van der Waals surface area contributed by atoms with Gasteiger partial charge in [-0.1, -0.05) is 30.3 Å². The number of nitrogens with one attached hydrogen (secondary N) is 2. The zero-order valence-electron chi connectivity index (χ0n) is 17.6.